The maximum Gasteiger partial charge on any atom is 0.416 e. The van der Waals surface area contributed by atoms with Crippen LogP contribution in [0.15, 0.2) is 71.6 Å². The summed E-state index contributed by atoms with van der Waals surface area (Å²) in [5.74, 6) is -0.957. The van der Waals surface area contributed by atoms with Crippen molar-refractivity contribution in [3.8, 4) is 0 Å². The van der Waals surface area contributed by atoms with Crippen molar-refractivity contribution in [3.05, 3.63) is 93.0 Å². The van der Waals surface area contributed by atoms with Crippen LogP contribution in [-0.4, -0.2) is 25.8 Å². The summed E-state index contributed by atoms with van der Waals surface area (Å²) in [6, 6.07) is 12.8. The number of sulfonamides is 1. The van der Waals surface area contributed by atoms with Gasteiger partial charge < -0.3 is 5.32 Å². The molecular weight excluding hydrogens is 511 g/mol. The maximum absolute atomic E-state index is 13.4. The Morgan fingerprint density at radius 3 is 2.34 bits per heavy atom. The van der Waals surface area contributed by atoms with Crippen LogP contribution < -0.4 is 9.62 Å². The molecule has 13 heteroatoms. The molecule has 0 saturated heterocycles. The number of nitro groups is 1. The highest BCUT2D eigenvalue weighted by Crippen LogP contribution is 2.37. The van der Waals surface area contributed by atoms with Gasteiger partial charge in [0.2, 0.25) is 5.91 Å². The third kappa shape index (κ3) is 5.72. The van der Waals surface area contributed by atoms with Gasteiger partial charge in [-0.1, -0.05) is 35.9 Å². The zero-order chi connectivity index (χ0) is 26.0. The lowest BCUT2D eigenvalue weighted by Gasteiger charge is -2.26. The summed E-state index contributed by atoms with van der Waals surface area (Å²) in [6.07, 6.45) is -4.80. The number of alkyl halides is 3. The Morgan fingerprint density at radius 2 is 1.74 bits per heavy atom. The molecule has 0 aliphatic rings. The predicted molar refractivity (Wildman–Crippen MR) is 124 cm³/mol. The molecule has 3 aromatic carbocycles. The van der Waals surface area contributed by atoms with Gasteiger partial charge in [-0.2, -0.15) is 13.2 Å². The van der Waals surface area contributed by atoms with E-state index in [1.807, 2.05) is 0 Å². The number of carbonyl (C=O) groups is 1. The van der Waals surface area contributed by atoms with Crippen LogP contribution in [0.3, 0.4) is 0 Å². The van der Waals surface area contributed by atoms with Crippen molar-refractivity contribution < 1.29 is 31.3 Å². The molecule has 0 bridgehead atoms. The van der Waals surface area contributed by atoms with Gasteiger partial charge in [0.05, 0.1) is 37.3 Å². The summed E-state index contributed by atoms with van der Waals surface area (Å²) in [7, 11) is -4.55. The van der Waals surface area contributed by atoms with Crippen LogP contribution in [0.4, 0.5) is 30.2 Å². The van der Waals surface area contributed by atoms with E-state index >= 15 is 0 Å². The first kappa shape index (κ1) is 26.0. The lowest BCUT2D eigenvalue weighted by atomic mass is 10.1. The van der Waals surface area contributed by atoms with E-state index in [-0.39, 0.29) is 26.9 Å². The molecule has 8 nitrogen and oxygen atoms in total. The molecule has 0 spiro atoms. The van der Waals surface area contributed by atoms with E-state index in [1.165, 1.54) is 49.4 Å². The Labute approximate surface area is 203 Å². The van der Waals surface area contributed by atoms with Gasteiger partial charge in [-0.25, -0.2) is 8.42 Å². The Hall–Kier alpha value is -3.64. The largest absolute Gasteiger partial charge is 0.416 e. The Morgan fingerprint density at radius 1 is 1.09 bits per heavy atom. The summed E-state index contributed by atoms with van der Waals surface area (Å²) in [5.41, 5.74) is -1.86. The third-order valence-corrected chi connectivity index (χ3v) is 7.03. The van der Waals surface area contributed by atoms with Crippen molar-refractivity contribution in [3.63, 3.8) is 0 Å². The van der Waals surface area contributed by atoms with E-state index in [0.29, 0.717) is 16.4 Å². The van der Waals surface area contributed by atoms with Crippen molar-refractivity contribution in [2.24, 2.45) is 0 Å². The molecule has 0 aliphatic carbocycles. The van der Waals surface area contributed by atoms with Gasteiger partial charge in [-0.3, -0.25) is 19.2 Å². The molecule has 0 saturated carbocycles. The van der Waals surface area contributed by atoms with Crippen LogP contribution in [0.5, 0.6) is 0 Å². The highest BCUT2D eigenvalue weighted by molar-refractivity contribution is 7.92. The summed E-state index contributed by atoms with van der Waals surface area (Å²) in [5, 5.41) is 13.2. The number of hydrogen-bond donors (Lipinski definition) is 1. The van der Waals surface area contributed by atoms with Crippen molar-refractivity contribution in [1.29, 1.82) is 0 Å². The number of halogens is 4. The molecular formula is C22H17ClF3N3O5S. The molecule has 0 radical (unpaired) electrons. The Bertz CT molecular complexity index is 1380. The number of carbonyl (C=O) groups excluding carboxylic acids is 1. The minimum atomic E-state index is -4.80. The van der Waals surface area contributed by atoms with Crippen molar-refractivity contribution in [2.75, 3.05) is 16.2 Å². The Kier molecular flexibility index (Phi) is 7.36. The van der Waals surface area contributed by atoms with Gasteiger partial charge in [-0.05, 0) is 43.3 Å². The average molecular weight is 528 g/mol. The van der Waals surface area contributed by atoms with Crippen LogP contribution in [0.1, 0.15) is 11.1 Å². The minimum Gasteiger partial charge on any atom is -0.324 e. The number of hydrogen-bond acceptors (Lipinski definition) is 5. The van der Waals surface area contributed by atoms with E-state index in [4.69, 9.17) is 11.6 Å². The van der Waals surface area contributed by atoms with Gasteiger partial charge in [0.15, 0.2) is 0 Å². The molecule has 3 aromatic rings. The van der Waals surface area contributed by atoms with Crippen molar-refractivity contribution in [1.82, 2.24) is 0 Å². The summed E-state index contributed by atoms with van der Waals surface area (Å²) >= 11 is 6.08. The van der Waals surface area contributed by atoms with Gasteiger partial charge >= 0.3 is 6.18 Å². The molecule has 0 atom stereocenters. The number of nitrogens with one attached hydrogen (secondary N) is 1. The lowest BCUT2D eigenvalue weighted by Crippen LogP contribution is -2.38. The van der Waals surface area contributed by atoms with Crippen LogP contribution in [0, 0.1) is 17.0 Å². The third-order valence-electron chi connectivity index (χ3n) is 4.94. The molecule has 184 valence electrons. The van der Waals surface area contributed by atoms with Crippen molar-refractivity contribution in [2.45, 2.75) is 18.0 Å². The lowest BCUT2D eigenvalue weighted by molar-refractivity contribution is -0.385. The SMILES string of the molecule is Cc1c(NC(=O)CN(c2cc(C(F)(F)F)ccc2Cl)S(=O)(=O)c2ccccc2)cccc1[N+](=O)[O-]. The zero-order valence-corrected chi connectivity index (χ0v) is 19.5. The molecule has 0 aromatic heterocycles. The molecule has 0 unspecified atom stereocenters. The summed E-state index contributed by atoms with van der Waals surface area (Å²) in [4.78, 5) is 23.1. The summed E-state index contributed by atoms with van der Waals surface area (Å²) in [6.45, 7) is 0.427. The predicted octanol–water partition coefficient (Wildman–Crippen LogP) is 5.41. The van der Waals surface area contributed by atoms with E-state index in [9.17, 15) is 36.5 Å². The quantitative estimate of drug-likeness (QED) is 0.326. The molecule has 0 aliphatic heterocycles. The van der Waals surface area contributed by atoms with E-state index in [0.717, 1.165) is 6.07 Å². The van der Waals surface area contributed by atoms with Crippen LogP contribution >= 0.6 is 11.6 Å². The fraction of sp³-hybridized carbons (Fsp3) is 0.136. The first-order valence-electron chi connectivity index (χ1n) is 9.80. The normalized spacial score (nSPS) is 11.7. The fourth-order valence-corrected chi connectivity index (χ4v) is 4.90. The number of nitrogens with zero attached hydrogens (tertiary/aromatic N) is 2. The molecule has 3 rings (SSSR count). The van der Waals surface area contributed by atoms with Gasteiger partial charge in [0.1, 0.15) is 6.54 Å². The summed E-state index contributed by atoms with van der Waals surface area (Å²) < 4.78 is 67.2. The Balaban J connectivity index is 2.07. The highest BCUT2D eigenvalue weighted by atomic mass is 35.5. The molecule has 1 N–H and O–H groups in total. The second-order valence-electron chi connectivity index (χ2n) is 7.24. The average Bonchev–Trinajstić information content (AvgIpc) is 2.79. The molecule has 35 heavy (non-hydrogen) atoms. The monoisotopic (exact) mass is 527 g/mol. The minimum absolute atomic E-state index is 0.0383. The topological polar surface area (TPSA) is 110 Å². The van der Waals surface area contributed by atoms with Crippen LogP contribution in [-0.2, 0) is 21.0 Å². The fourth-order valence-electron chi connectivity index (χ4n) is 3.18. The van der Waals surface area contributed by atoms with Crippen LogP contribution in [0.25, 0.3) is 0 Å². The standard InChI is InChI=1S/C22H17ClF3N3O5S/c1-14-18(8-5-9-19(14)29(31)32)27-21(30)13-28(35(33,34)16-6-3-2-4-7-16)20-12-15(22(24,25)26)10-11-17(20)23/h2-12H,13H2,1H3,(H,27,30). The van der Waals surface area contributed by atoms with E-state index in [2.05, 4.69) is 5.32 Å². The van der Waals surface area contributed by atoms with Gasteiger partial charge in [0.25, 0.3) is 15.7 Å². The molecule has 0 fully saturated rings. The first-order valence-corrected chi connectivity index (χ1v) is 11.6. The highest BCUT2D eigenvalue weighted by Gasteiger charge is 2.34. The van der Waals surface area contributed by atoms with Gasteiger partial charge in [-0.15, -0.1) is 0 Å². The van der Waals surface area contributed by atoms with Crippen LogP contribution in [0.2, 0.25) is 5.02 Å². The molecule has 0 heterocycles. The number of amides is 1. The number of benzene rings is 3. The van der Waals surface area contributed by atoms with E-state index < -0.39 is 44.8 Å². The first-order chi connectivity index (χ1) is 16.3. The second-order valence-corrected chi connectivity index (χ2v) is 9.51. The zero-order valence-electron chi connectivity index (χ0n) is 17.9. The van der Waals surface area contributed by atoms with Crippen molar-refractivity contribution >= 4 is 44.6 Å². The molecule has 1 amide bonds. The number of anilines is 2. The number of rotatable bonds is 7. The van der Waals surface area contributed by atoms with E-state index in [1.54, 1.807) is 6.07 Å². The second kappa shape index (κ2) is 9.92. The maximum atomic E-state index is 13.4. The smallest absolute Gasteiger partial charge is 0.324 e. The van der Waals surface area contributed by atoms with Gasteiger partial charge in [0, 0.05) is 6.07 Å². The number of nitro benzene ring substituents is 1.